The Morgan fingerprint density at radius 3 is 2.94 bits per heavy atom. The van der Waals surface area contributed by atoms with Crippen LogP contribution in [0.25, 0.3) is 11.3 Å². The molecule has 0 amide bonds. The highest BCUT2D eigenvalue weighted by atomic mass is 19.1. The topological polar surface area (TPSA) is 61.3 Å². The third-order valence-electron chi connectivity index (χ3n) is 2.93. The van der Waals surface area contributed by atoms with Crippen LogP contribution in [0.2, 0.25) is 0 Å². The zero-order valence-corrected chi connectivity index (χ0v) is 9.73. The monoisotopic (exact) mass is 248 g/mol. The summed E-state index contributed by atoms with van der Waals surface area (Å²) in [7, 11) is 0. The second-order valence-corrected chi connectivity index (χ2v) is 4.49. The molecule has 1 aliphatic carbocycles. The Labute approximate surface area is 104 Å². The summed E-state index contributed by atoms with van der Waals surface area (Å²) in [5.74, 6) is 0.578. The van der Waals surface area contributed by atoms with E-state index in [1.807, 2.05) is 0 Å². The van der Waals surface area contributed by atoms with Crippen molar-refractivity contribution in [3.63, 3.8) is 0 Å². The molecule has 5 heteroatoms. The highest BCUT2D eigenvalue weighted by Crippen LogP contribution is 2.35. The van der Waals surface area contributed by atoms with Crippen molar-refractivity contribution in [1.29, 1.82) is 0 Å². The molecule has 18 heavy (non-hydrogen) atoms. The van der Waals surface area contributed by atoms with Gasteiger partial charge in [-0.3, -0.25) is 0 Å². The lowest BCUT2D eigenvalue weighted by molar-refractivity contribution is 0.286. The second kappa shape index (κ2) is 4.33. The SMILES string of the molecule is Nc1cc(-c2cccc(F)c2OCC2CC2)no1. The maximum atomic E-state index is 13.8. The number of anilines is 1. The largest absolute Gasteiger partial charge is 0.490 e. The van der Waals surface area contributed by atoms with Crippen molar-refractivity contribution < 1.29 is 13.7 Å². The van der Waals surface area contributed by atoms with Gasteiger partial charge in [0.25, 0.3) is 0 Å². The third-order valence-corrected chi connectivity index (χ3v) is 2.93. The molecule has 0 unspecified atom stereocenters. The number of ether oxygens (including phenoxy) is 1. The Morgan fingerprint density at radius 2 is 2.28 bits per heavy atom. The highest BCUT2D eigenvalue weighted by Gasteiger charge is 2.24. The Hall–Kier alpha value is -2.04. The Bertz CT molecular complexity index is 564. The quantitative estimate of drug-likeness (QED) is 0.903. The molecule has 4 nitrogen and oxygen atoms in total. The molecule has 1 fully saturated rings. The number of hydrogen-bond donors (Lipinski definition) is 1. The summed E-state index contributed by atoms with van der Waals surface area (Å²) in [6.07, 6.45) is 2.31. The number of nitrogen functional groups attached to an aromatic ring is 1. The number of benzene rings is 1. The van der Waals surface area contributed by atoms with Crippen LogP contribution in [0, 0.1) is 11.7 Å². The highest BCUT2D eigenvalue weighted by molar-refractivity contribution is 5.68. The molecule has 0 bridgehead atoms. The molecule has 1 aromatic heterocycles. The zero-order valence-electron chi connectivity index (χ0n) is 9.73. The van der Waals surface area contributed by atoms with Crippen molar-refractivity contribution in [1.82, 2.24) is 5.16 Å². The van der Waals surface area contributed by atoms with E-state index >= 15 is 0 Å². The number of para-hydroxylation sites is 1. The fourth-order valence-electron chi connectivity index (χ4n) is 1.76. The molecule has 94 valence electrons. The van der Waals surface area contributed by atoms with E-state index in [2.05, 4.69) is 5.16 Å². The van der Waals surface area contributed by atoms with Gasteiger partial charge in [-0.25, -0.2) is 4.39 Å². The van der Waals surface area contributed by atoms with Crippen molar-refractivity contribution in [2.24, 2.45) is 5.92 Å². The normalized spacial score (nSPS) is 14.7. The lowest BCUT2D eigenvalue weighted by Crippen LogP contribution is -2.02. The molecule has 0 radical (unpaired) electrons. The average Bonchev–Trinajstić information content (AvgIpc) is 3.08. The molecular weight excluding hydrogens is 235 g/mol. The van der Waals surface area contributed by atoms with Gasteiger partial charge in [0.05, 0.1) is 6.61 Å². The number of nitrogens with zero attached hydrogens (tertiary/aromatic N) is 1. The lowest BCUT2D eigenvalue weighted by atomic mass is 10.1. The maximum Gasteiger partial charge on any atom is 0.222 e. The lowest BCUT2D eigenvalue weighted by Gasteiger charge is -2.10. The number of rotatable bonds is 4. The Kier molecular flexibility index (Phi) is 2.66. The third kappa shape index (κ3) is 2.16. The summed E-state index contributed by atoms with van der Waals surface area (Å²) < 4.78 is 24.2. The summed E-state index contributed by atoms with van der Waals surface area (Å²) >= 11 is 0. The van der Waals surface area contributed by atoms with E-state index in [1.165, 1.54) is 6.07 Å². The van der Waals surface area contributed by atoms with Gasteiger partial charge in [0.2, 0.25) is 5.88 Å². The van der Waals surface area contributed by atoms with Gasteiger partial charge in [-0.2, -0.15) is 0 Å². The summed E-state index contributed by atoms with van der Waals surface area (Å²) in [6, 6.07) is 6.27. The average molecular weight is 248 g/mol. The number of nitrogens with two attached hydrogens (primary N) is 1. The van der Waals surface area contributed by atoms with Crippen molar-refractivity contribution in [2.45, 2.75) is 12.8 Å². The summed E-state index contributed by atoms with van der Waals surface area (Å²) in [5, 5.41) is 3.78. The van der Waals surface area contributed by atoms with Gasteiger partial charge in [-0.05, 0) is 30.9 Å². The second-order valence-electron chi connectivity index (χ2n) is 4.49. The van der Waals surface area contributed by atoms with E-state index in [4.69, 9.17) is 15.0 Å². The maximum absolute atomic E-state index is 13.8. The molecule has 0 atom stereocenters. The fraction of sp³-hybridized carbons (Fsp3) is 0.308. The van der Waals surface area contributed by atoms with Gasteiger partial charge < -0.3 is 15.0 Å². The first kappa shape index (κ1) is 11.1. The van der Waals surface area contributed by atoms with E-state index in [0.29, 0.717) is 23.8 Å². The van der Waals surface area contributed by atoms with E-state index in [9.17, 15) is 4.39 Å². The molecule has 0 saturated heterocycles. The molecule has 1 heterocycles. The van der Waals surface area contributed by atoms with Crippen LogP contribution in [-0.2, 0) is 0 Å². The minimum Gasteiger partial charge on any atom is -0.490 e. The number of halogens is 1. The summed E-state index contributed by atoms with van der Waals surface area (Å²) in [6.45, 7) is 0.543. The van der Waals surface area contributed by atoms with Crippen LogP contribution >= 0.6 is 0 Å². The van der Waals surface area contributed by atoms with Crippen LogP contribution < -0.4 is 10.5 Å². The minimum absolute atomic E-state index is 0.197. The molecule has 3 rings (SSSR count). The first-order valence-electron chi connectivity index (χ1n) is 5.88. The van der Waals surface area contributed by atoms with Crippen LogP contribution in [0.5, 0.6) is 5.75 Å². The van der Waals surface area contributed by atoms with Crippen LogP contribution in [0.15, 0.2) is 28.8 Å². The minimum atomic E-state index is -0.394. The van der Waals surface area contributed by atoms with Crippen molar-refractivity contribution in [3.8, 4) is 17.0 Å². The van der Waals surface area contributed by atoms with E-state index in [1.54, 1.807) is 18.2 Å². The van der Waals surface area contributed by atoms with E-state index < -0.39 is 5.82 Å². The molecule has 2 N–H and O–H groups in total. The standard InChI is InChI=1S/C13H13FN2O2/c14-10-3-1-2-9(11-6-12(15)18-16-11)13(10)17-7-8-4-5-8/h1-3,6,8H,4-5,7,15H2. The van der Waals surface area contributed by atoms with Gasteiger partial charge in [0, 0.05) is 11.6 Å². The fourth-order valence-corrected chi connectivity index (χ4v) is 1.76. The Balaban J connectivity index is 1.93. The molecule has 0 aliphatic heterocycles. The van der Waals surface area contributed by atoms with Crippen molar-refractivity contribution >= 4 is 5.88 Å². The van der Waals surface area contributed by atoms with Gasteiger partial charge >= 0.3 is 0 Å². The van der Waals surface area contributed by atoms with Gasteiger partial charge in [-0.15, -0.1) is 0 Å². The van der Waals surface area contributed by atoms with Crippen molar-refractivity contribution in [3.05, 3.63) is 30.1 Å². The van der Waals surface area contributed by atoms with Crippen LogP contribution in [0.1, 0.15) is 12.8 Å². The van der Waals surface area contributed by atoms with Crippen LogP contribution in [0.3, 0.4) is 0 Å². The molecule has 1 aliphatic rings. The Morgan fingerprint density at radius 1 is 1.44 bits per heavy atom. The van der Waals surface area contributed by atoms with E-state index in [-0.39, 0.29) is 11.6 Å². The summed E-state index contributed by atoms with van der Waals surface area (Å²) in [4.78, 5) is 0. The molecule has 1 saturated carbocycles. The zero-order chi connectivity index (χ0) is 12.5. The molecule has 1 aromatic carbocycles. The van der Waals surface area contributed by atoms with Crippen LogP contribution in [-0.4, -0.2) is 11.8 Å². The van der Waals surface area contributed by atoms with Gasteiger partial charge in [0.15, 0.2) is 11.6 Å². The van der Waals surface area contributed by atoms with Crippen molar-refractivity contribution in [2.75, 3.05) is 12.3 Å². The first-order chi connectivity index (χ1) is 8.74. The number of aromatic nitrogens is 1. The first-order valence-corrected chi connectivity index (χ1v) is 5.88. The molecular formula is C13H13FN2O2. The predicted molar refractivity (Wildman–Crippen MR) is 64.5 cm³/mol. The van der Waals surface area contributed by atoms with Crippen LogP contribution in [0.4, 0.5) is 10.3 Å². The van der Waals surface area contributed by atoms with Gasteiger partial charge in [0.1, 0.15) is 5.69 Å². The molecule has 0 spiro atoms. The molecule has 2 aromatic rings. The summed E-state index contributed by atoms with van der Waals surface area (Å²) in [5.41, 5.74) is 6.52. The number of hydrogen-bond acceptors (Lipinski definition) is 4. The van der Waals surface area contributed by atoms with Gasteiger partial charge in [-0.1, -0.05) is 11.2 Å². The van der Waals surface area contributed by atoms with E-state index in [0.717, 1.165) is 12.8 Å². The predicted octanol–water partition coefficient (Wildman–Crippen LogP) is 2.85. The smallest absolute Gasteiger partial charge is 0.222 e.